The number of aliphatic imine (C=N–C) groups is 1. The predicted molar refractivity (Wildman–Crippen MR) is 113 cm³/mol. The highest BCUT2D eigenvalue weighted by atomic mass is 19.1. The second-order valence-electron chi connectivity index (χ2n) is 7.15. The molecule has 150 valence electrons. The standard InChI is InChI=1S/C22H25FN6/c23-20-5-7-21(8-6-20)27-11-13-28(14-12-27)22(24)25-16-18-3-1-4-19(15-18)17-29-10-2-9-26-29/h1-10,15H,11-14,16-17H2,(H2,24,25). The average Bonchev–Trinajstić information content (AvgIpc) is 3.26. The Hall–Kier alpha value is -3.35. The molecule has 4 rings (SSSR count). The fraction of sp³-hybridized carbons (Fsp3) is 0.273. The summed E-state index contributed by atoms with van der Waals surface area (Å²) in [6.45, 7) is 4.56. The molecule has 7 heteroatoms. The van der Waals surface area contributed by atoms with Gasteiger partial charge in [0.05, 0.1) is 13.1 Å². The number of guanidine groups is 1. The summed E-state index contributed by atoms with van der Waals surface area (Å²) in [5.74, 6) is 0.360. The largest absolute Gasteiger partial charge is 0.370 e. The van der Waals surface area contributed by atoms with Crippen LogP contribution in [0, 0.1) is 5.82 Å². The molecule has 1 aliphatic rings. The number of halogens is 1. The SMILES string of the molecule is NC(=NCc1cccc(Cn2cccn2)c1)N1CCN(c2ccc(F)cc2)CC1. The van der Waals surface area contributed by atoms with E-state index in [1.54, 1.807) is 6.20 Å². The monoisotopic (exact) mass is 392 g/mol. The number of anilines is 1. The van der Waals surface area contributed by atoms with Gasteiger partial charge in [0.1, 0.15) is 5.82 Å². The van der Waals surface area contributed by atoms with Gasteiger partial charge in [-0.25, -0.2) is 9.38 Å². The normalized spacial score (nSPS) is 15.0. The fourth-order valence-corrected chi connectivity index (χ4v) is 3.53. The molecule has 2 N–H and O–H groups in total. The van der Waals surface area contributed by atoms with Gasteiger partial charge in [0.2, 0.25) is 0 Å². The molecule has 29 heavy (non-hydrogen) atoms. The molecule has 0 bridgehead atoms. The number of rotatable bonds is 5. The fourth-order valence-electron chi connectivity index (χ4n) is 3.53. The Balaban J connectivity index is 1.32. The van der Waals surface area contributed by atoms with E-state index in [0.29, 0.717) is 12.5 Å². The van der Waals surface area contributed by atoms with Gasteiger partial charge in [0, 0.05) is 44.3 Å². The molecule has 0 radical (unpaired) electrons. The van der Waals surface area contributed by atoms with Crippen molar-refractivity contribution in [3.8, 4) is 0 Å². The van der Waals surface area contributed by atoms with Crippen molar-refractivity contribution >= 4 is 11.6 Å². The number of nitrogens with zero attached hydrogens (tertiary/aromatic N) is 5. The third-order valence-electron chi connectivity index (χ3n) is 5.11. The summed E-state index contributed by atoms with van der Waals surface area (Å²) in [4.78, 5) is 8.94. The van der Waals surface area contributed by atoms with Crippen molar-refractivity contribution in [2.75, 3.05) is 31.1 Å². The van der Waals surface area contributed by atoms with Gasteiger partial charge < -0.3 is 15.5 Å². The summed E-state index contributed by atoms with van der Waals surface area (Å²) < 4.78 is 15.0. The topological polar surface area (TPSA) is 62.7 Å². The minimum absolute atomic E-state index is 0.211. The Bertz CT molecular complexity index is 944. The van der Waals surface area contributed by atoms with E-state index in [-0.39, 0.29) is 5.82 Å². The van der Waals surface area contributed by atoms with E-state index in [0.717, 1.165) is 44.0 Å². The van der Waals surface area contributed by atoms with Crippen LogP contribution in [0.4, 0.5) is 10.1 Å². The van der Waals surface area contributed by atoms with E-state index < -0.39 is 0 Å². The molecule has 1 fully saturated rings. The summed E-state index contributed by atoms with van der Waals surface area (Å²) in [6, 6.07) is 16.9. The number of hydrogen-bond donors (Lipinski definition) is 1. The number of piperazine rings is 1. The first-order valence-corrected chi connectivity index (χ1v) is 9.78. The van der Waals surface area contributed by atoms with Gasteiger partial charge in [0.15, 0.2) is 5.96 Å². The molecule has 0 unspecified atom stereocenters. The van der Waals surface area contributed by atoms with Crippen molar-refractivity contribution in [1.82, 2.24) is 14.7 Å². The van der Waals surface area contributed by atoms with E-state index >= 15 is 0 Å². The van der Waals surface area contributed by atoms with Crippen LogP contribution in [-0.2, 0) is 13.1 Å². The van der Waals surface area contributed by atoms with Crippen LogP contribution in [-0.4, -0.2) is 46.8 Å². The highest BCUT2D eigenvalue weighted by Crippen LogP contribution is 2.17. The molecule has 2 aromatic carbocycles. The summed E-state index contributed by atoms with van der Waals surface area (Å²) in [5, 5.41) is 4.25. The lowest BCUT2D eigenvalue weighted by atomic mass is 10.1. The quantitative estimate of drug-likeness (QED) is 0.536. The van der Waals surface area contributed by atoms with E-state index in [1.165, 1.54) is 17.7 Å². The Morgan fingerprint density at radius 2 is 1.76 bits per heavy atom. The van der Waals surface area contributed by atoms with Crippen LogP contribution in [0.2, 0.25) is 0 Å². The molecule has 1 aliphatic heterocycles. The molecule has 0 saturated carbocycles. The Labute approximate surface area is 170 Å². The first-order chi connectivity index (χ1) is 14.2. The molecular weight excluding hydrogens is 367 g/mol. The highest BCUT2D eigenvalue weighted by molar-refractivity contribution is 5.78. The molecule has 0 atom stereocenters. The lowest BCUT2D eigenvalue weighted by Gasteiger charge is -2.36. The van der Waals surface area contributed by atoms with Gasteiger partial charge in [0.25, 0.3) is 0 Å². The Kier molecular flexibility index (Phi) is 5.74. The van der Waals surface area contributed by atoms with Crippen molar-refractivity contribution in [2.45, 2.75) is 13.1 Å². The van der Waals surface area contributed by atoms with E-state index in [2.05, 4.69) is 38.1 Å². The summed E-state index contributed by atoms with van der Waals surface area (Å²) >= 11 is 0. The van der Waals surface area contributed by atoms with Crippen LogP contribution >= 0.6 is 0 Å². The van der Waals surface area contributed by atoms with Gasteiger partial charge in [-0.05, 0) is 41.5 Å². The minimum Gasteiger partial charge on any atom is -0.370 e. The van der Waals surface area contributed by atoms with E-state index in [9.17, 15) is 4.39 Å². The molecule has 0 spiro atoms. The molecule has 1 aromatic heterocycles. The third kappa shape index (κ3) is 4.93. The van der Waals surface area contributed by atoms with Crippen molar-refractivity contribution in [3.63, 3.8) is 0 Å². The smallest absolute Gasteiger partial charge is 0.191 e. The maximum atomic E-state index is 13.1. The van der Waals surface area contributed by atoms with Gasteiger partial charge >= 0.3 is 0 Å². The van der Waals surface area contributed by atoms with Gasteiger partial charge in [-0.1, -0.05) is 24.3 Å². The van der Waals surface area contributed by atoms with E-state index in [1.807, 2.05) is 35.1 Å². The summed E-state index contributed by atoms with van der Waals surface area (Å²) in [5.41, 5.74) is 9.59. The Morgan fingerprint density at radius 3 is 2.48 bits per heavy atom. The lowest BCUT2D eigenvalue weighted by molar-refractivity contribution is 0.380. The van der Waals surface area contributed by atoms with Crippen molar-refractivity contribution < 1.29 is 4.39 Å². The predicted octanol–water partition coefficient (Wildman–Crippen LogP) is 2.71. The number of benzene rings is 2. The maximum absolute atomic E-state index is 13.1. The zero-order valence-electron chi connectivity index (χ0n) is 16.3. The maximum Gasteiger partial charge on any atom is 0.191 e. The third-order valence-corrected chi connectivity index (χ3v) is 5.11. The summed E-state index contributed by atoms with van der Waals surface area (Å²) in [7, 11) is 0. The molecule has 0 aliphatic carbocycles. The van der Waals surface area contributed by atoms with Gasteiger partial charge in [-0.2, -0.15) is 5.10 Å². The van der Waals surface area contributed by atoms with Crippen molar-refractivity contribution in [1.29, 1.82) is 0 Å². The second kappa shape index (κ2) is 8.77. The Morgan fingerprint density at radius 1 is 1.00 bits per heavy atom. The number of nitrogens with two attached hydrogens (primary N) is 1. The van der Waals surface area contributed by atoms with E-state index in [4.69, 9.17) is 5.73 Å². The van der Waals surface area contributed by atoms with Crippen LogP contribution in [0.5, 0.6) is 0 Å². The highest BCUT2D eigenvalue weighted by Gasteiger charge is 2.18. The first-order valence-electron chi connectivity index (χ1n) is 9.78. The second-order valence-corrected chi connectivity index (χ2v) is 7.15. The zero-order chi connectivity index (χ0) is 20.1. The molecule has 0 amide bonds. The number of aromatic nitrogens is 2. The molecule has 2 heterocycles. The van der Waals surface area contributed by atoms with Crippen LogP contribution in [0.3, 0.4) is 0 Å². The number of hydrogen-bond acceptors (Lipinski definition) is 3. The molecule has 3 aromatic rings. The van der Waals surface area contributed by atoms with Crippen LogP contribution in [0.1, 0.15) is 11.1 Å². The van der Waals surface area contributed by atoms with Crippen LogP contribution in [0.15, 0.2) is 72.0 Å². The average molecular weight is 392 g/mol. The van der Waals surface area contributed by atoms with Crippen LogP contribution in [0.25, 0.3) is 0 Å². The first kappa shape index (κ1) is 19.0. The molecule has 1 saturated heterocycles. The molecule has 6 nitrogen and oxygen atoms in total. The zero-order valence-corrected chi connectivity index (χ0v) is 16.3. The minimum atomic E-state index is -0.211. The molecular formula is C22H25FN6. The van der Waals surface area contributed by atoms with Gasteiger partial charge in [-0.3, -0.25) is 4.68 Å². The van der Waals surface area contributed by atoms with Gasteiger partial charge in [-0.15, -0.1) is 0 Å². The van der Waals surface area contributed by atoms with Crippen molar-refractivity contribution in [3.05, 3.63) is 83.9 Å². The van der Waals surface area contributed by atoms with Crippen LogP contribution < -0.4 is 10.6 Å². The lowest BCUT2D eigenvalue weighted by Crippen LogP contribution is -2.51. The van der Waals surface area contributed by atoms with Crippen molar-refractivity contribution in [2.24, 2.45) is 10.7 Å². The summed E-state index contributed by atoms with van der Waals surface area (Å²) in [6.07, 6.45) is 3.74.